The molecule has 69 heavy (non-hydrogen) atoms. The van der Waals surface area contributed by atoms with Crippen molar-refractivity contribution in [1.82, 2.24) is 0 Å². The Balaban J connectivity index is 0.990. The van der Waals surface area contributed by atoms with Gasteiger partial charge in [-0.15, -0.1) is 0 Å². The van der Waals surface area contributed by atoms with Crippen LogP contribution in [0.2, 0.25) is 26.2 Å². The van der Waals surface area contributed by atoms with Gasteiger partial charge in [-0.2, -0.15) is 0 Å². The van der Waals surface area contributed by atoms with Gasteiger partial charge in [0.05, 0.1) is 5.41 Å². The molecule has 0 unspecified atom stereocenters. The summed E-state index contributed by atoms with van der Waals surface area (Å²) >= 11 is 0. The zero-order chi connectivity index (χ0) is 46.7. The maximum Gasteiger partial charge on any atom is 0.112 e. The van der Waals surface area contributed by atoms with Gasteiger partial charge >= 0.3 is 0 Å². The molecule has 1 aliphatic rings. The Morgan fingerprint density at radius 2 is 0.667 bits per heavy atom. The van der Waals surface area contributed by atoms with Gasteiger partial charge in [-0.3, -0.25) is 0 Å². The van der Waals surface area contributed by atoms with Gasteiger partial charge in [0.25, 0.3) is 0 Å². The van der Waals surface area contributed by atoms with Crippen LogP contribution in [0, 0.1) is 0 Å². The molecule has 0 fully saturated rings. The highest BCUT2D eigenvalue weighted by molar-refractivity contribution is 7.01. The van der Waals surface area contributed by atoms with Crippen molar-refractivity contribution >= 4 is 58.4 Å². The molecular weight excluding hydrogens is 861 g/mol. The van der Waals surface area contributed by atoms with Crippen LogP contribution in [-0.2, 0) is 5.41 Å². The standard InChI is InChI=1S/C67H54Si2/c1-68(2,53-27-15-8-16-28-53)54-38-35-49(36-39-54)66-60-31-18-17-30-59(60)65(61-43-37-50(45-62(61)66)47-21-9-5-10-22-47)48-33-40-55(41-34-48)69(3,4)56-42-44-58-57-29-19-20-32-63(57)67(64(58)46-56,51-23-11-6-12-24-51)52-25-13-7-14-26-52/h5-46H,1-4H3. The number of benzene rings is 11. The molecule has 0 aliphatic heterocycles. The number of fused-ring (bicyclic) bond motifs is 5. The summed E-state index contributed by atoms with van der Waals surface area (Å²) < 4.78 is 0. The van der Waals surface area contributed by atoms with E-state index in [0.717, 1.165) is 0 Å². The Kier molecular flexibility index (Phi) is 10.4. The van der Waals surface area contributed by atoms with Crippen molar-refractivity contribution in [2.45, 2.75) is 31.6 Å². The zero-order valence-corrected chi connectivity index (χ0v) is 41.7. The average Bonchev–Trinajstić information content (AvgIpc) is 3.71. The molecule has 0 saturated carbocycles. The van der Waals surface area contributed by atoms with Crippen LogP contribution in [0.3, 0.4) is 0 Å². The van der Waals surface area contributed by atoms with Gasteiger partial charge in [0.15, 0.2) is 0 Å². The molecule has 0 N–H and O–H groups in total. The summed E-state index contributed by atoms with van der Waals surface area (Å²) in [6.07, 6.45) is 0. The highest BCUT2D eigenvalue weighted by Gasteiger charge is 2.46. The Hall–Kier alpha value is -7.63. The predicted octanol–water partition coefficient (Wildman–Crippen LogP) is 15.0. The minimum Gasteiger partial charge on any atom is -0.0626 e. The van der Waals surface area contributed by atoms with Crippen LogP contribution < -0.4 is 20.7 Å². The molecular formula is C67H54Si2. The largest absolute Gasteiger partial charge is 0.112 e. The quantitative estimate of drug-likeness (QED) is 0.1000. The van der Waals surface area contributed by atoms with E-state index < -0.39 is 21.6 Å². The minimum atomic E-state index is -2.23. The van der Waals surface area contributed by atoms with Crippen LogP contribution in [0.25, 0.3) is 66.1 Å². The first-order valence-corrected chi connectivity index (χ1v) is 30.4. The Morgan fingerprint density at radius 3 is 1.25 bits per heavy atom. The maximum absolute atomic E-state index is 2.58. The number of hydrogen-bond acceptors (Lipinski definition) is 0. The molecule has 0 nitrogen and oxygen atoms in total. The second-order valence-corrected chi connectivity index (χ2v) is 28.8. The predicted molar refractivity (Wildman–Crippen MR) is 301 cm³/mol. The van der Waals surface area contributed by atoms with E-state index in [9.17, 15) is 0 Å². The van der Waals surface area contributed by atoms with Crippen LogP contribution in [0.15, 0.2) is 255 Å². The van der Waals surface area contributed by atoms with Crippen molar-refractivity contribution in [1.29, 1.82) is 0 Å². The minimum absolute atomic E-state index is 0.421. The monoisotopic (exact) mass is 914 g/mol. The van der Waals surface area contributed by atoms with Gasteiger partial charge in [0.1, 0.15) is 16.1 Å². The Morgan fingerprint density at radius 1 is 0.261 bits per heavy atom. The van der Waals surface area contributed by atoms with E-state index in [0.29, 0.717) is 0 Å². The first-order valence-electron chi connectivity index (χ1n) is 24.4. The first kappa shape index (κ1) is 42.7. The van der Waals surface area contributed by atoms with E-state index in [4.69, 9.17) is 0 Å². The maximum atomic E-state index is 2.58. The van der Waals surface area contributed by atoms with E-state index in [1.54, 1.807) is 0 Å². The number of rotatable bonds is 9. The average molecular weight is 915 g/mol. The van der Waals surface area contributed by atoms with Crippen LogP contribution in [0.4, 0.5) is 0 Å². The molecule has 0 aromatic heterocycles. The van der Waals surface area contributed by atoms with Crippen molar-refractivity contribution < 1.29 is 0 Å². The lowest BCUT2D eigenvalue weighted by Gasteiger charge is -2.35. The molecule has 11 aromatic rings. The van der Waals surface area contributed by atoms with Crippen LogP contribution >= 0.6 is 0 Å². The van der Waals surface area contributed by atoms with Crippen molar-refractivity contribution in [2.75, 3.05) is 0 Å². The van der Waals surface area contributed by atoms with Gasteiger partial charge in [-0.25, -0.2) is 0 Å². The molecule has 0 spiro atoms. The topological polar surface area (TPSA) is 0 Å². The van der Waals surface area contributed by atoms with Crippen LogP contribution in [0.5, 0.6) is 0 Å². The van der Waals surface area contributed by atoms with E-state index in [1.165, 1.54) is 109 Å². The fourth-order valence-corrected chi connectivity index (χ4v) is 16.4. The van der Waals surface area contributed by atoms with Gasteiger partial charge in [-0.05, 0) is 94.4 Å². The molecule has 1 aliphatic carbocycles. The molecule has 330 valence electrons. The second-order valence-electron chi connectivity index (χ2n) is 20.0. The van der Waals surface area contributed by atoms with E-state index in [-0.39, 0.29) is 0 Å². The molecule has 0 heterocycles. The summed E-state index contributed by atoms with van der Waals surface area (Å²) in [5, 5.41) is 10.8. The molecule has 0 atom stereocenters. The number of hydrogen-bond donors (Lipinski definition) is 0. The fraction of sp³-hybridized carbons (Fsp3) is 0.0746. The fourth-order valence-electron chi connectivity index (χ4n) is 11.7. The highest BCUT2D eigenvalue weighted by atomic mass is 28.3. The second kappa shape index (κ2) is 16.9. The normalized spacial score (nSPS) is 13.0. The van der Waals surface area contributed by atoms with Crippen molar-refractivity contribution in [2.24, 2.45) is 0 Å². The summed E-state index contributed by atoms with van der Waals surface area (Å²) in [4.78, 5) is 0. The van der Waals surface area contributed by atoms with E-state index >= 15 is 0 Å². The van der Waals surface area contributed by atoms with Gasteiger partial charge < -0.3 is 0 Å². The third-order valence-corrected chi connectivity index (χ3v) is 22.7. The Bertz CT molecular complexity index is 3630. The third kappa shape index (κ3) is 6.92. The molecule has 12 rings (SSSR count). The van der Waals surface area contributed by atoms with Crippen LogP contribution in [-0.4, -0.2) is 16.1 Å². The Labute approximate surface area is 409 Å². The van der Waals surface area contributed by atoms with Crippen molar-refractivity contribution in [3.63, 3.8) is 0 Å². The van der Waals surface area contributed by atoms with E-state index in [2.05, 4.69) is 281 Å². The van der Waals surface area contributed by atoms with E-state index in [1.807, 2.05) is 0 Å². The molecule has 0 bridgehead atoms. The van der Waals surface area contributed by atoms with Gasteiger partial charge in [0, 0.05) is 0 Å². The molecule has 0 radical (unpaired) electrons. The summed E-state index contributed by atoms with van der Waals surface area (Å²) in [5.41, 5.74) is 15.1. The van der Waals surface area contributed by atoms with Crippen LogP contribution in [0.1, 0.15) is 22.3 Å². The van der Waals surface area contributed by atoms with Crippen molar-refractivity contribution in [3.05, 3.63) is 277 Å². The van der Waals surface area contributed by atoms with Crippen molar-refractivity contribution in [3.8, 4) is 44.5 Å². The summed E-state index contributed by atoms with van der Waals surface area (Å²) in [6, 6.07) is 96.2. The third-order valence-electron chi connectivity index (χ3n) is 15.6. The highest BCUT2D eigenvalue weighted by Crippen LogP contribution is 2.56. The summed E-state index contributed by atoms with van der Waals surface area (Å²) in [6.45, 7) is 9.98. The SMILES string of the molecule is C[Si](C)(c1ccccc1)c1ccc(-c2c3ccccc3c(-c3ccc([Si](C)(C)c4ccc5c(c4)C(c4ccccc4)(c4ccccc4)c4ccccc4-5)cc3)c3ccc(-c4ccccc4)cc23)cc1. The molecule has 11 aromatic carbocycles. The lowest BCUT2D eigenvalue weighted by Crippen LogP contribution is -2.53. The molecule has 0 amide bonds. The lowest BCUT2D eigenvalue weighted by atomic mass is 9.68. The molecule has 0 saturated heterocycles. The lowest BCUT2D eigenvalue weighted by molar-refractivity contribution is 0.769. The summed E-state index contributed by atoms with van der Waals surface area (Å²) in [7, 11) is -4.12. The zero-order valence-electron chi connectivity index (χ0n) is 39.7. The smallest absolute Gasteiger partial charge is 0.0626 e. The van der Waals surface area contributed by atoms with Gasteiger partial charge in [-0.1, -0.05) is 296 Å². The molecule has 2 heteroatoms. The first-order chi connectivity index (χ1) is 33.7. The summed E-state index contributed by atoms with van der Waals surface area (Å²) in [5.74, 6) is 0. The van der Waals surface area contributed by atoms with Gasteiger partial charge in [0.2, 0.25) is 0 Å².